The summed E-state index contributed by atoms with van der Waals surface area (Å²) in [4.78, 5) is 6.04. The molecule has 3 aromatic rings. The number of imidazole rings is 1. The number of halogens is 1. The molecule has 196 valence electrons. The molecule has 5 rings (SSSR count). The molecule has 2 aromatic heterocycles. The van der Waals surface area contributed by atoms with Crippen molar-refractivity contribution in [1.82, 2.24) is 24.6 Å². The number of aromatic nitrogens is 4. The molecule has 1 N–H and O–H groups in total. The fraction of sp³-hybridized carbons (Fsp3) is 0.500. The molecule has 9 nitrogen and oxygen atoms in total. The second kappa shape index (κ2) is 10.0. The highest BCUT2D eigenvalue weighted by molar-refractivity contribution is 6.45. The number of fused-ring (bicyclic) bond motifs is 2. The van der Waals surface area contributed by atoms with Crippen molar-refractivity contribution in [1.29, 1.82) is 0 Å². The van der Waals surface area contributed by atoms with Gasteiger partial charge in [0.1, 0.15) is 11.9 Å². The van der Waals surface area contributed by atoms with Gasteiger partial charge in [-0.3, -0.25) is 0 Å². The Morgan fingerprint density at radius 2 is 2.03 bits per heavy atom. The van der Waals surface area contributed by atoms with Gasteiger partial charge in [-0.15, -0.1) is 10.2 Å². The summed E-state index contributed by atoms with van der Waals surface area (Å²) in [5, 5.41) is 19.1. The predicted molar refractivity (Wildman–Crippen MR) is 137 cm³/mol. The van der Waals surface area contributed by atoms with Crippen molar-refractivity contribution < 1.29 is 23.6 Å². The van der Waals surface area contributed by atoms with E-state index in [1.807, 2.05) is 40.7 Å². The maximum Gasteiger partial charge on any atom is 0.377 e. The van der Waals surface area contributed by atoms with Crippen LogP contribution in [0.3, 0.4) is 0 Å². The number of methoxy groups -OCH3 is 1. The largest absolute Gasteiger partial charge is 0.470 e. The van der Waals surface area contributed by atoms with Crippen molar-refractivity contribution >= 4 is 7.05 Å². The molecule has 2 fully saturated rings. The second-order valence-electron chi connectivity index (χ2n) is 10.4. The summed E-state index contributed by atoms with van der Waals surface area (Å²) < 4.78 is 34.8. The molecule has 0 radical (unpaired) electrons. The zero-order chi connectivity index (χ0) is 26.2. The molecule has 0 aliphatic carbocycles. The minimum absolute atomic E-state index is 0.0790. The number of piperidine rings is 2. The lowest BCUT2D eigenvalue weighted by Gasteiger charge is -2.62. The van der Waals surface area contributed by atoms with Gasteiger partial charge >= 0.3 is 7.05 Å². The summed E-state index contributed by atoms with van der Waals surface area (Å²) in [6.45, 7) is 5.77. The molecule has 4 atom stereocenters. The van der Waals surface area contributed by atoms with Crippen LogP contribution in [0.25, 0.3) is 16.9 Å². The Morgan fingerprint density at radius 1 is 1.19 bits per heavy atom. The van der Waals surface area contributed by atoms with Crippen molar-refractivity contribution in [3.05, 3.63) is 49.1 Å². The van der Waals surface area contributed by atoms with Crippen LogP contribution >= 0.6 is 0 Å². The summed E-state index contributed by atoms with van der Waals surface area (Å²) >= 11 is 0. The van der Waals surface area contributed by atoms with E-state index in [0.717, 1.165) is 24.1 Å². The standard InChI is InChI=1S/C26H33BFN5O4/c1-25-10-5-11-26(2,33(25)27(3)34)24(28)22(15-25)37-23-9-8-20(30-31-23)19-7-6-18(32-13-12-29-16-32)14-21(19)36-17-35-4/h6-9,12-14,16,22,24,34H,5,10-11,15,17H2,1-4H3/t22-,24-,25-,26+/m0/s1. The molecule has 0 amide bonds. The van der Waals surface area contributed by atoms with Crippen LogP contribution in [0.1, 0.15) is 39.5 Å². The number of nitrogens with zero attached hydrogens (tertiary/aromatic N) is 5. The van der Waals surface area contributed by atoms with Crippen molar-refractivity contribution in [2.24, 2.45) is 0 Å². The summed E-state index contributed by atoms with van der Waals surface area (Å²) in [5.74, 6) is 0.848. The van der Waals surface area contributed by atoms with E-state index in [2.05, 4.69) is 22.1 Å². The summed E-state index contributed by atoms with van der Waals surface area (Å²) in [5.41, 5.74) is 1.05. The van der Waals surface area contributed by atoms with E-state index < -0.39 is 24.9 Å². The quantitative estimate of drug-likeness (QED) is 0.361. The third kappa shape index (κ3) is 4.71. The van der Waals surface area contributed by atoms with E-state index in [0.29, 0.717) is 24.3 Å². The molecule has 0 saturated carbocycles. The molecule has 2 aliphatic rings. The topological polar surface area (TPSA) is 94.8 Å². The highest BCUT2D eigenvalue weighted by Gasteiger charge is 2.60. The third-order valence-corrected chi connectivity index (χ3v) is 7.75. The Bertz CT molecular complexity index is 1210. The molecular weight excluding hydrogens is 476 g/mol. The van der Waals surface area contributed by atoms with Gasteiger partial charge < -0.3 is 28.6 Å². The smallest absolute Gasteiger partial charge is 0.377 e. The first kappa shape index (κ1) is 25.6. The van der Waals surface area contributed by atoms with Crippen molar-refractivity contribution in [2.75, 3.05) is 13.9 Å². The molecule has 2 saturated heterocycles. The minimum Gasteiger partial charge on any atom is -0.470 e. The van der Waals surface area contributed by atoms with Crippen LogP contribution < -0.4 is 9.47 Å². The first-order chi connectivity index (χ1) is 17.7. The van der Waals surface area contributed by atoms with Gasteiger partial charge in [-0.05, 0) is 58.1 Å². The summed E-state index contributed by atoms with van der Waals surface area (Å²) in [6, 6.07) is 9.21. The third-order valence-electron chi connectivity index (χ3n) is 7.75. The Hall–Kier alpha value is -3.02. The Labute approximate surface area is 216 Å². The van der Waals surface area contributed by atoms with Crippen LogP contribution in [-0.4, -0.2) is 73.9 Å². The number of hydrogen-bond acceptors (Lipinski definition) is 8. The van der Waals surface area contributed by atoms with Crippen molar-refractivity contribution in [3.8, 4) is 28.6 Å². The Kier molecular flexibility index (Phi) is 6.95. The average Bonchev–Trinajstić information content (AvgIpc) is 3.41. The molecule has 1 aromatic carbocycles. The van der Waals surface area contributed by atoms with Crippen LogP contribution in [0.2, 0.25) is 6.82 Å². The number of benzene rings is 1. The highest BCUT2D eigenvalue weighted by atomic mass is 19.1. The lowest BCUT2D eigenvalue weighted by Crippen LogP contribution is -2.75. The van der Waals surface area contributed by atoms with Gasteiger partial charge in [-0.1, -0.05) is 0 Å². The fourth-order valence-electron chi connectivity index (χ4n) is 6.29. The van der Waals surface area contributed by atoms with Crippen LogP contribution in [-0.2, 0) is 4.74 Å². The lowest BCUT2D eigenvalue weighted by molar-refractivity contribution is -0.130. The number of ether oxygens (including phenoxy) is 3. The van der Waals surface area contributed by atoms with E-state index in [1.165, 1.54) is 0 Å². The van der Waals surface area contributed by atoms with E-state index in [-0.39, 0.29) is 18.2 Å². The first-order valence-corrected chi connectivity index (χ1v) is 12.6. The monoisotopic (exact) mass is 509 g/mol. The van der Waals surface area contributed by atoms with E-state index in [9.17, 15) is 5.02 Å². The maximum absolute atomic E-state index is 15.9. The number of rotatable bonds is 8. The van der Waals surface area contributed by atoms with Gasteiger partial charge in [0.05, 0.1) is 17.7 Å². The van der Waals surface area contributed by atoms with Crippen LogP contribution in [0.5, 0.6) is 11.6 Å². The van der Waals surface area contributed by atoms with Gasteiger partial charge in [0, 0.05) is 54.7 Å². The normalized spacial score (nSPS) is 27.6. The molecule has 0 spiro atoms. The number of alkyl halides is 1. The number of hydrogen-bond donors (Lipinski definition) is 1. The molecule has 4 heterocycles. The zero-order valence-electron chi connectivity index (χ0n) is 21.7. The van der Waals surface area contributed by atoms with Crippen LogP contribution in [0.4, 0.5) is 4.39 Å². The van der Waals surface area contributed by atoms with E-state index >= 15 is 4.39 Å². The molecular formula is C26H33BFN5O4. The molecule has 2 bridgehead atoms. The predicted octanol–water partition coefficient (Wildman–Crippen LogP) is 3.91. The highest BCUT2D eigenvalue weighted by Crippen LogP contribution is 2.50. The van der Waals surface area contributed by atoms with Gasteiger partial charge in [-0.2, -0.15) is 0 Å². The minimum atomic E-state index is -1.28. The van der Waals surface area contributed by atoms with Crippen molar-refractivity contribution in [2.45, 2.75) is 69.7 Å². The Balaban J connectivity index is 1.37. The molecule has 37 heavy (non-hydrogen) atoms. The van der Waals surface area contributed by atoms with E-state index in [1.54, 1.807) is 38.6 Å². The van der Waals surface area contributed by atoms with Gasteiger partial charge in [0.25, 0.3) is 0 Å². The van der Waals surface area contributed by atoms with Crippen LogP contribution in [0, 0.1) is 0 Å². The average molecular weight is 509 g/mol. The Morgan fingerprint density at radius 3 is 2.70 bits per heavy atom. The molecule has 0 unspecified atom stereocenters. The fourth-order valence-corrected chi connectivity index (χ4v) is 6.29. The lowest BCUT2D eigenvalue weighted by atomic mass is 9.59. The van der Waals surface area contributed by atoms with Crippen molar-refractivity contribution in [3.63, 3.8) is 0 Å². The van der Waals surface area contributed by atoms with Gasteiger partial charge in [0.15, 0.2) is 13.0 Å². The molecule has 2 aliphatic heterocycles. The second-order valence-corrected chi connectivity index (χ2v) is 10.4. The molecule has 11 heteroatoms. The summed E-state index contributed by atoms with van der Waals surface area (Å²) in [7, 11) is 0.827. The SMILES string of the molecule is COCOc1cc(-n2ccnc2)ccc1-c1ccc(O[C@H]2C[C@]3(C)CCC[C@](C)([C@H]2F)N3B(C)O)nn1. The maximum atomic E-state index is 15.9. The summed E-state index contributed by atoms with van der Waals surface area (Å²) in [6.07, 6.45) is 6.23. The van der Waals surface area contributed by atoms with Crippen LogP contribution in [0.15, 0.2) is 49.1 Å². The van der Waals surface area contributed by atoms with Gasteiger partial charge in [-0.25, -0.2) is 9.37 Å². The zero-order valence-corrected chi connectivity index (χ0v) is 21.7. The van der Waals surface area contributed by atoms with Gasteiger partial charge in [0.2, 0.25) is 5.88 Å². The first-order valence-electron chi connectivity index (χ1n) is 12.6. The van der Waals surface area contributed by atoms with E-state index in [4.69, 9.17) is 14.2 Å².